The molecule has 1 aromatic carbocycles. The minimum atomic E-state index is -0.000840. The summed E-state index contributed by atoms with van der Waals surface area (Å²) in [5, 5.41) is 6.03. The number of amides is 1. The molecule has 2 atom stereocenters. The van der Waals surface area contributed by atoms with Crippen LogP contribution in [0.5, 0.6) is 11.5 Å². The molecular weight excluding hydrogens is 397 g/mol. The van der Waals surface area contributed by atoms with Gasteiger partial charge >= 0.3 is 0 Å². The van der Waals surface area contributed by atoms with Crippen LogP contribution < -0.4 is 14.8 Å². The predicted molar refractivity (Wildman–Crippen MR) is 106 cm³/mol. The lowest BCUT2D eigenvalue weighted by molar-refractivity contribution is 0.0598. The summed E-state index contributed by atoms with van der Waals surface area (Å²) in [7, 11) is 0. The van der Waals surface area contributed by atoms with Gasteiger partial charge in [0.2, 0.25) is 6.79 Å². The largest absolute Gasteiger partial charge is 0.454 e. The van der Waals surface area contributed by atoms with E-state index in [4.69, 9.17) is 9.47 Å². The molecule has 0 saturated carbocycles. The van der Waals surface area contributed by atoms with Crippen molar-refractivity contribution in [2.45, 2.75) is 25.9 Å². The van der Waals surface area contributed by atoms with Crippen LogP contribution in [0.4, 0.5) is 0 Å². The van der Waals surface area contributed by atoms with Gasteiger partial charge in [-0.25, -0.2) is 4.98 Å². The molecule has 0 bridgehead atoms. The van der Waals surface area contributed by atoms with Crippen molar-refractivity contribution in [2.75, 3.05) is 19.9 Å². The highest BCUT2D eigenvalue weighted by molar-refractivity contribution is 7.13. The van der Waals surface area contributed by atoms with E-state index in [1.807, 2.05) is 28.5 Å². The minimum absolute atomic E-state index is 0. The Morgan fingerprint density at radius 3 is 2.85 bits per heavy atom. The lowest BCUT2D eigenvalue weighted by Crippen LogP contribution is -2.57. The standard InChI is InChI=1S/C17H19N3O3S.2ClH/c1-10-11(2)20(6-5-18-10)17(21)13-8-24-16(19-13)12-3-4-14-15(7-12)23-9-22-14;;/h3-4,7-8,10-11,18H,5-6,9H2,1-2H3;2*1H. The molecule has 4 rings (SSSR count). The molecule has 6 nitrogen and oxygen atoms in total. The molecule has 1 fully saturated rings. The molecule has 2 aromatic rings. The summed E-state index contributed by atoms with van der Waals surface area (Å²) in [6.07, 6.45) is 0. The Kier molecular flexibility index (Phi) is 6.74. The lowest BCUT2D eigenvalue weighted by Gasteiger charge is -2.38. The van der Waals surface area contributed by atoms with E-state index < -0.39 is 0 Å². The van der Waals surface area contributed by atoms with Gasteiger partial charge in [-0.05, 0) is 32.0 Å². The number of thiazole rings is 1. The van der Waals surface area contributed by atoms with Crippen molar-refractivity contribution in [3.05, 3.63) is 29.3 Å². The number of hydrogen-bond donors (Lipinski definition) is 1. The molecule has 9 heteroatoms. The molecule has 0 spiro atoms. The normalized spacial score (nSPS) is 20.9. The molecule has 26 heavy (non-hydrogen) atoms. The van der Waals surface area contributed by atoms with Crippen molar-refractivity contribution in [1.29, 1.82) is 0 Å². The average molecular weight is 418 g/mol. The first kappa shape index (κ1) is 20.8. The van der Waals surface area contributed by atoms with Gasteiger partial charge in [0.15, 0.2) is 11.5 Å². The van der Waals surface area contributed by atoms with Crippen LogP contribution in [0, 0.1) is 0 Å². The summed E-state index contributed by atoms with van der Waals surface area (Å²) in [5.41, 5.74) is 1.44. The smallest absolute Gasteiger partial charge is 0.273 e. The van der Waals surface area contributed by atoms with Crippen LogP contribution in [0.15, 0.2) is 23.6 Å². The first-order valence-electron chi connectivity index (χ1n) is 8.03. The average Bonchev–Trinajstić information content (AvgIpc) is 3.25. The number of hydrogen-bond acceptors (Lipinski definition) is 6. The summed E-state index contributed by atoms with van der Waals surface area (Å²) < 4.78 is 10.7. The second kappa shape index (κ2) is 8.43. The van der Waals surface area contributed by atoms with E-state index in [1.165, 1.54) is 11.3 Å². The fourth-order valence-electron chi connectivity index (χ4n) is 3.02. The summed E-state index contributed by atoms with van der Waals surface area (Å²) >= 11 is 1.47. The molecule has 142 valence electrons. The number of halogens is 2. The first-order valence-corrected chi connectivity index (χ1v) is 8.91. The maximum atomic E-state index is 12.8. The van der Waals surface area contributed by atoms with Crippen molar-refractivity contribution in [1.82, 2.24) is 15.2 Å². The van der Waals surface area contributed by atoms with Crippen molar-refractivity contribution >= 4 is 42.1 Å². The van der Waals surface area contributed by atoms with Crippen LogP contribution in [0.1, 0.15) is 24.3 Å². The van der Waals surface area contributed by atoms with E-state index in [9.17, 15) is 4.79 Å². The molecule has 0 radical (unpaired) electrons. The molecule has 1 aromatic heterocycles. The maximum absolute atomic E-state index is 12.8. The van der Waals surface area contributed by atoms with E-state index >= 15 is 0 Å². The number of nitrogens with zero attached hydrogens (tertiary/aromatic N) is 2. The highest BCUT2D eigenvalue weighted by Crippen LogP contribution is 2.36. The molecule has 2 aliphatic heterocycles. The van der Waals surface area contributed by atoms with Crippen LogP contribution in [0.25, 0.3) is 10.6 Å². The van der Waals surface area contributed by atoms with Gasteiger partial charge in [-0.15, -0.1) is 36.2 Å². The van der Waals surface area contributed by atoms with Gasteiger partial charge in [0.05, 0.1) is 0 Å². The minimum Gasteiger partial charge on any atom is -0.454 e. The zero-order valence-corrected chi connectivity index (χ0v) is 16.9. The molecule has 0 aliphatic carbocycles. The number of piperazine rings is 1. The van der Waals surface area contributed by atoms with Crippen molar-refractivity contribution in [3.8, 4) is 22.1 Å². The number of carbonyl (C=O) groups excluding carboxylic acids is 1. The van der Waals surface area contributed by atoms with Gasteiger partial charge in [-0.1, -0.05) is 0 Å². The van der Waals surface area contributed by atoms with Gasteiger partial charge in [0, 0.05) is 36.1 Å². The molecule has 2 aliphatic rings. The second-order valence-corrected chi connectivity index (χ2v) is 6.95. The first-order chi connectivity index (χ1) is 11.6. The van der Waals surface area contributed by atoms with Crippen molar-refractivity contribution in [2.24, 2.45) is 0 Å². The highest BCUT2D eigenvalue weighted by atomic mass is 35.5. The maximum Gasteiger partial charge on any atom is 0.273 e. The van der Waals surface area contributed by atoms with E-state index in [1.54, 1.807) is 0 Å². The summed E-state index contributed by atoms with van der Waals surface area (Å²) in [5.74, 6) is 1.47. The van der Waals surface area contributed by atoms with E-state index in [0.717, 1.165) is 28.6 Å². The molecule has 1 N–H and O–H groups in total. The quantitative estimate of drug-likeness (QED) is 0.812. The third-order valence-electron chi connectivity index (χ3n) is 4.64. The van der Waals surface area contributed by atoms with Crippen LogP contribution >= 0.6 is 36.2 Å². The van der Waals surface area contributed by atoms with E-state index in [0.29, 0.717) is 12.2 Å². The van der Waals surface area contributed by atoms with Crippen LogP contribution in [0.2, 0.25) is 0 Å². The van der Waals surface area contributed by atoms with Gasteiger partial charge in [-0.3, -0.25) is 4.79 Å². The zero-order chi connectivity index (χ0) is 16.7. The van der Waals surface area contributed by atoms with E-state index in [2.05, 4.69) is 24.1 Å². The summed E-state index contributed by atoms with van der Waals surface area (Å²) in [4.78, 5) is 19.2. The molecular formula is C17H21Cl2N3O3S. The van der Waals surface area contributed by atoms with Gasteiger partial charge in [0.25, 0.3) is 5.91 Å². The fraction of sp³-hybridized carbons (Fsp3) is 0.412. The summed E-state index contributed by atoms with van der Waals surface area (Å²) in [6, 6.07) is 6.17. The Morgan fingerprint density at radius 2 is 2.04 bits per heavy atom. The Labute approximate surface area is 168 Å². The second-order valence-electron chi connectivity index (χ2n) is 6.09. The number of aromatic nitrogens is 1. The molecule has 1 amide bonds. The number of rotatable bonds is 2. The molecule has 2 unspecified atom stereocenters. The Bertz CT molecular complexity index is 786. The lowest BCUT2D eigenvalue weighted by atomic mass is 10.1. The number of benzene rings is 1. The number of fused-ring (bicyclic) bond motifs is 1. The topological polar surface area (TPSA) is 63.7 Å². The van der Waals surface area contributed by atoms with Gasteiger partial charge in [0.1, 0.15) is 10.7 Å². The molecule has 3 heterocycles. The Morgan fingerprint density at radius 1 is 1.27 bits per heavy atom. The van der Waals surface area contributed by atoms with Crippen LogP contribution in [-0.2, 0) is 0 Å². The summed E-state index contributed by atoms with van der Waals surface area (Å²) in [6.45, 7) is 5.94. The number of nitrogens with one attached hydrogen (secondary N) is 1. The SMILES string of the molecule is CC1NCCN(C(=O)c2csc(-c3ccc4c(c3)OCO4)n2)C1C.Cl.Cl. The number of ether oxygens (including phenoxy) is 2. The fourth-order valence-corrected chi connectivity index (χ4v) is 3.82. The zero-order valence-electron chi connectivity index (χ0n) is 14.4. The van der Waals surface area contributed by atoms with Gasteiger partial charge < -0.3 is 19.7 Å². The monoisotopic (exact) mass is 417 g/mol. The number of carbonyl (C=O) groups is 1. The van der Waals surface area contributed by atoms with Gasteiger partial charge in [-0.2, -0.15) is 0 Å². The third kappa shape index (κ3) is 3.76. The third-order valence-corrected chi connectivity index (χ3v) is 5.53. The van der Waals surface area contributed by atoms with Crippen molar-refractivity contribution in [3.63, 3.8) is 0 Å². The van der Waals surface area contributed by atoms with Crippen LogP contribution in [-0.4, -0.2) is 47.8 Å². The Balaban J connectivity index is 0.00000121. The van der Waals surface area contributed by atoms with Crippen LogP contribution in [0.3, 0.4) is 0 Å². The highest BCUT2D eigenvalue weighted by Gasteiger charge is 2.30. The Hall–Kier alpha value is -1.54. The predicted octanol–water partition coefficient (Wildman–Crippen LogP) is 3.20. The molecule has 1 saturated heterocycles. The van der Waals surface area contributed by atoms with E-state index in [-0.39, 0.29) is 49.6 Å². The van der Waals surface area contributed by atoms with Crippen molar-refractivity contribution < 1.29 is 14.3 Å².